The van der Waals surface area contributed by atoms with Gasteiger partial charge in [0.1, 0.15) is 6.10 Å². The second kappa shape index (κ2) is 15.0. The van der Waals surface area contributed by atoms with E-state index in [2.05, 4.69) is 0 Å². The highest BCUT2D eigenvalue weighted by Crippen LogP contribution is 2.24. The molecule has 0 spiro atoms. The number of hydrogen-bond acceptors (Lipinski definition) is 7. The molecule has 0 saturated heterocycles. The number of carbonyl (C=O) groups is 4. The van der Waals surface area contributed by atoms with Gasteiger partial charge in [0.2, 0.25) is 6.29 Å². The van der Waals surface area contributed by atoms with Crippen LogP contribution in [0.1, 0.15) is 113 Å². The fraction of sp³-hybridized carbons (Fsp3) is 0.846. The third kappa shape index (κ3) is 14.2. The van der Waals surface area contributed by atoms with Crippen molar-refractivity contribution in [2.75, 3.05) is 0 Å². The molecule has 3 atom stereocenters. The van der Waals surface area contributed by atoms with Gasteiger partial charge < -0.3 is 19.3 Å². The number of carboxylic acid groups (broad SMARTS) is 1. The molecule has 1 N–H and O–H groups in total. The maximum atomic E-state index is 12.9. The van der Waals surface area contributed by atoms with Crippen LogP contribution in [0.15, 0.2) is 0 Å². The average Bonchev–Trinajstić information content (AvgIpc) is 2.67. The molecule has 0 rings (SSSR count). The van der Waals surface area contributed by atoms with Gasteiger partial charge in [0.25, 0.3) is 0 Å². The molecule has 34 heavy (non-hydrogen) atoms. The molecular formula is C26H46O8. The summed E-state index contributed by atoms with van der Waals surface area (Å²) in [6.07, 6.45) is 5.17. The van der Waals surface area contributed by atoms with E-state index in [0.717, 1.165) is 38.5 Å². The van der Waals surface area contributed by atoms with Gasteiger partial charge in [-0.3, -0.25) is 19.2 Å². The van der Waals surface area contributed by atoms with Crippen LogP contribution in [0.5, 0.6) is 0 Å². The van der Waals surface area contributed by atoms with Crippen LogP contribution in [0.2, 0.25) is 0 Å². The Kier molecular flexibility index (Phi) is 14.1. The fourth-order valence-electron chi connectivity index (χ4n) is 3.10. The largest absolute Gasteiger partial charge is 0.481 e. The lowest BCUT2D eigenvalue weighted by molar-refractivity contribution is -0.196. The molecule has 0 aromatic heterocycles. The highest BCUT2D eigenvalue weighted by atomic mass is 16.7. The SMILES string of the molecule is CC(OC(=O)C(CCCCCCCCCC(=O)O)C(C)OC(=O)C(C)(C)C)OC(=O)C(C)(C)C. The van der Waals surface area contributed by atoms with Crippen molar-refractivity contribution >= 4 is 23.9 Å². The first kappa shape index (κ1) is 31.9. The summed E-state index contributed by atoms with van der Waals surface area (Å²) in [4.78, 5) is 47.9. The van der Waals surface area contributed by atoms with E-state index in [-0.39, 0.29) is 6.42 Å². The third-order valence-electron chi connectivity index (χ3n) is 5.35. The van der Waals surface area contributed by atoms with Crippen LogP contribution in [0.3, 0.4) is 0 Å². The molecule has 0 heterocycles. The molecule has 0 aliphatic heterocycles. The number of carbonyl (C=O) groups excluding carboxylic acids is 3. The number of hydrogen-bond donors (Lipinski definition) is 1. The van der Waals surface area contributed by atoms with Crippen LogP contribution >= 0.6 is 0 Å². The van der Waals surface area contributed by atoms with E-state index in [0.29, 0.717) is 12.8 Å². The summed E-state index contributed by atoms with van der Waals surface area (Å²) >= 11 is 0. The van der Waals surface area contributed by atoms with Gasteiger partial charge >= 0.3 is 23.9 Å². The molecule has 198 valence electrons. The molecule has 0 amide bonds. The summed E-state index contributed by atoms with van der Waals surface area (Å²) in [7, 11) is 0. The van der Waals surface area contributed by atoms with Crippen molar-refractivity contribution < 1.29 is 38.5 Å². The van der Waals surface area contributed by atoms with Crippen molar-refractivity contribution in [2.24, 2.45) is 16.7 Å². The van der Waals surface area contributed by atoms with Gasteiger partial charge in [0.15, 0.2) is 0 Å². The monoisotopic (exact) mass is 486 g/mol. The summed E-state index contributed by atoms with van der Waals surface area (Å²) in [5.74, 6) is -2.86. The Hall–Kier alpha value is -2.12. The van der Waals surface area contributed by atoms with Gasteiger partial charge in [-0.1, -0.05) is 38.5 Å². The Morgan fingerprint density at radius 2 is 1.12 bits per heavy atom. The first-order valence-corrected chi connectivity index (χ1v) is 12.4. The number of aliphatic carboxylic acids is 1. The van der Waals surface area contributed by atoms with E-state index in [1.165, 1.54) is 6.92 Å². The van der Waals surface area contributed by atoms with Crippen LogP contribution in [0.4, 0.5) is 0 Å². The zero-order valence-electron chi connectivity index (χ0n) is 22.4. The summed E-state index contributed by atoms with van der Waals surface area (Å²) in [6, 6.07) is 0. The van der Waals surface area contributed by atoms with E-state index >= 15 is 0 Å². The van der Waals surface area contributed by atoms with E-state index < -0.39 is 53.0 Å². The summed E-state index contributed by atoms with van der Waals surface area (Å²) in [6.45, 7) is 13.6. The van der Waals surface area contributed by atoms with Gasteiger partial charge in [0, 0.05) is 13.3 Å². The van der Waals surface area contributed by atoms with E-state index in [9.17, 15) is 19.2 Å². The average molecular weight is 487 g/mol. The van der Waals surface area contributed by atoms with E-state index in [1.807, 2.05) is 0 Å². The van der Waals surface area contributed by atoms with Crippen LogP contribution < -0.4 is 0 Å². The molecule has 0 saturated carbocycles. The maximum Gasteiger partial charge on any atom is 0.315 e. The van der Waals surface area contributed by atoms with Crippen molar-refractivity contribution in [2.45, 2.75) is 126 Å². The van der Waals surface area contributed by atoms with Gasteiger partial charge in [-0.2, -0.15) is 0 Å². The first-order chi connectivity index (χ1) is 15.6. The standard InChI is InChI=1S/C26H46O8/c1-18(32-23(30)25(3,4)5)20(16-14-12-10-9-11-13-15-17-21(27)28)22(29)33-19(2)34-24(31)26(6,7)8/h18-20H,9-17H2,1-8H3,(H,27,28). The van der Waals surface area contributed by atoms with Crippen LogP contribution in [0, 0.1) is 16.7 Å². The van der Waals surface area contributed by atoms with Gasteiger partial charge in [0.05, 0.1) is 16.7 Å². The van der Waals surface area contributed by atoms with Crippen LogP contribution in [-0.2, 0) is 33.4 Å². The fourth-order valence-corrected chi connectivity index (χ4v) is 3.10. The van der Waals surface area contributed by atoms with Crippen LogP contribution in [-0.4, -0.2) is 41.4 Å². The molecule has 8 heteroatoms. The number of esters is 3. The third-order valence-corrected chi connectivity index (χ3v) is 5.35. The normalized spacial score (nSPS) is 14.6. The number of carboxylic acids is 1. The van der Waals surface area contributed by atoms with Crippen molar-refractivity contribution in [3.8, 4) is 0 Å². The second-order valence-corrected chi connectivity index (χ2v) is 11.0. The van der Waals surface area contributed by atoms with Gasteiger partial charge in [-0.25, -0.2) is 0 Å². The molecule has 0 aromatic rings. The highest BCUT2D eigenvalue weighted by Gasteiger charge is 2.34. The van der Waals surface area contributed by atoms with E-state index in [4.69, 9.17) is 19.3 Å². The minimum atomic E-state index is -1.04. The van der Waals surface area contributed by atoms with Gasteiger partial charge in [-0.05, 0) is 61.3 Å². The molecule has 0 aromatic carbocycles. The lowest BCUT2D eigenvalue weighted by Crippen LogP contribution is -2.37. The Morgan fingerprint density at radius 1 is 0.676 bits per heavy atom. The molecule has 0 bridgehead atoms. The summed E-state index contributed by atoms with van der Waals surface area (Å²) in [5.41, 5.74) is -1.41. The van der Waals surface area contributed by atoms with Crippen molar-refractivity contribution in [3.05, 3.63) is 0 Å². The quantitative estimate of drug-likeness (QED) is 0.179. The Bertz CT molecular complexity index is 657. The molecule has 3 unspecified atom stereocenters. The van der Waals surface area contributed by atoms with Crippen molar-refractivity contribution in [3.63, 3.8) is 0 Å². The van der Waals surface area contributed by atoms with Gasteiger partial charge in [-0.15, -0.1) is 0 Å². The smallest absolute Gasteiger partial charge is 0.315 e. The lowest BCUT2D eigenvalue weighted by atomic mass is 9.94. The predicted molar refractivity (Wildman–Crippen MR) is 129 cm³/mol. The van der Waals surface area contributed by atoms with E-state index in [1.54, 1.807) is 48.5 Å². The molecular weight excluding hydrogens is 440 g/mol. The molecule has 8 nitrogen and oxygen atoms in total. The molecule has 0 aliphatic rings. The topological polar surface area (TPSA) is 116 Å². The maximum absolute atomic E-state index is 12.9. The Labute approximate surface area is 205 Å². The lowest BCUT2D eigenvalue weighted by Gasteiger charge is -2.27. The minimum absolute atomic E-state index is 0.207. The molecule has 0 radical (unpaired) electrons. The minimum Gasteiger partial charge on any atom is -0.481 e. The Morgan fingerprint density at radius 3 is 1.59 bits per heavy atom. The number of rotatable bonds is 15. The Balaban J connectivity index is 4.83. The summed E-state index contributed by atoms with van der Waals surface area (Å²) < 4.78 is 16.2. The number of ether oxygens (including phenoxy) is 3. The number of unbranched alkanes of at least 4 members (excludes halogenated alkanes) is 6. The molecule has 0 fully saturated rings. The predicted octanol–water partition coefficient (Wildman–Crippen LogP) is 5.65. The highest BCUT2D eigenvalue weighted by molar-refractivity contribution is 5.78. The van der Waals surface area contributed by atoms with Crippen molar-refractivity contribution in [1.29, 1.82) is 0 Å². The second-order valence-electron chi connectivity index (χ2n) is 11.0. The van der Waals surface area contributed by atoms with Crippen LogP contribution in [0.25, 0.3) is 0 Å². The molecule has 0 aliphatic carbocycles. The first-order valence-electron chi connectivity index (χ1n) is 12.4. The summed E-state index contributed by atoms with van der Waals surface area (Å²) in [5, 5.41) is 8.67. The zero-order chi connectivity index (χ0) is 26.5. The zero-order valence-corrected chi connectivity index (χ0v) is 22.4. The van der Waals surface area contributed by atoms with Crippen molar-refractivity contribution in [1.82, 2.24) is 0 Å².